The Kier molecular flexibility index (Phi) is 18.5. The van der Waals surface area contributed by atoms with Crippen molar-refractivity contribution in [2.24, 2.45) is 0 Å². The van der Waals surface area contributed by atoms with Crippen molar-refractivity contribution in [3.8, 4) is 0 Å². The van der Waals surface area contributed by atoms with Gasteiger partial charge in [-0.2, -0.15) is 8.42 Å². The number of unbranched alkanes of at least 4 members (excludes halogenated alkanes) is 11. The summed E-state index contributed by atoms with van der Waals surface area (Å²) in [4.78, 5) is 16.2. The van der Waals surface area contributed by atoms with E-state index in [4.69, 9.17) is 9.29 Å². The standard InChI is InChI=1S/C26H50N2O5S/c1-2-3-4-5-6-7-8-9-10-11-12-13-14-15-16-17-26(29)33-24-22-27-18-20-28(21-19-27)23-25-34(30,31)32/h9-10H,2-8,11-25H2,1H3,(H,30,31,32)/b10-9+. The lowest BCUT2D eigenvalue weighted by atomic mass is 10.1. The van der Waals surface area contributed by atoms with Gasteiger partial charge < -0.3 is 4.74 Å². The van der Waals surface area contributed by atoms with Gasteiger partial charge in [0.1, 0.15) is 6.61 Å². The minimum atomic E-state index is -3.90. The van der Waals surface area contributed by atoms with Crippen LogP contribution in [-0.4, -0.2) is 80.4 Å². The second-order valence-electron chi connectivity index (χ2n) is 9.52. The minimum absolute atomic E-state index is 0.107. The van der Waals surface area contributed by atoms with Crippen molar-refractivity contribution in [2.75, 3.05) is 51.6 Å². The van der Waals surface area contributed by atoms with E-state index in [2.05, 4.69) is 24.0 Å². The van der Waals surface area contributed by atoms with Crippen LogP contribution in [0.2, 0.25) is 0 Å². The van der Waals surface area contributed by atoms with Gasteiger partial charge in [-0.25, -0.2) is 0 Å². The van der Waals surface area contributed by atoms with Crippen LogP contribution in [-0.2, 0) is 19.6 Å². The summed E-state index contributed by atoms with van der Waals surface area (Å²) >= 11 is 0. The molecule has 8 heteroatoms. The van der Waals surface area contributed by atoms with Gasteiger partial charge in [-0.15, -0.1) is 0 Å². The Morgan fingerprint density at radius 3 is 1.85 bits per heavy atom. The first-order valence-corrected chi connectivity index (χ1v) is 15.2. The molecule has 34 heavy (non-hydrogen) atoms. The minimum Gasteiger partial charge on any atom is -0.464 e. The molecule has 1 saturated heterocycles. The number of rotatable bonds is 21. The molecule has 0 aromatic heterocycles. The van der Waals surface area contributed by atoms with Crippen molar-refractivity contribution in [1.82, 2.24) is 9.80 Å². The van der Waals surface area contributed by atoms with Gasteiger partial charge in [0.15, 0.2) is 0 Å². The van der Waals surface area contributed by atoms with Gasteiger partial charge in [0.2, 0.25) is 0 Å². The number of esters is 1. The van der Waals surface area contributed by atoms with Gasteiger partial charge in [0.25, 0.3) is 10.1 Å². The highest BCUT2D eigenvalue weighted by Gasteiger charge is 2.18. The molecule has 0 aromatic rings. The maximum absolute atomic E-state index is 11.9. The maximum atomic E-state index is 11.9. The SMILES string of the molecule is CCCCCCCC/C=C/CCCCCCCC(=O)OCCN1CCN(CCS(=O)(=O)O)CC1. The molecular weight excluding hydrogens is 452 g/mol. The van der Waals surface area contributed by atoms with E-state index in [9.17, 15) is 13.2 Å². The van der Waals surface area contributed by atoms with Gasteiger partial charge in [0, 0.05) is 45.7 Å². The maximum Gasteiger partial charge on any atom is 0.305 e. The Morgan fingerprint density at radius 2 is 1.29 bits per heavy atom. The average Bonchev–Trinajstić information content (AvgIpc) is 2.80. The van der Waals surface area contributed by atoms with Crippen molar-refractivity contribution in [2.45, 2.75) is 96.8 Å². The monoisotopic (exact) mass is 502 g/mol. The lowest BCUT2D eigenvalue weighted by molar-refractivity contribution is -0.144. The summed E-state index contributed by atoms with van der Waals surface area (Å²) in [5, 5.41) is 0. The summed E-state index contributed by atoms with van der Waals surface area (Å²) < 4.78 is 35.9. The summed E-state index contributed by atoms with van der Waals surface area (Å²) in [6.07, 6.45) is 21.4. The highest BCUT2D eigenvalue weighted by atomic mass is 32.2. The molecule has 0 aromatic carbocycles. The van der Waals surface area contributed by atoms with Crippen molar-refractivity contribution in [3.63, 3.8) is 0 Å². The number of carbonyl (C=O) groups is 1. The van der Waals surface area contributed by atoms with Crippen LogP contribution in [0.15, 0.2) is 12.2 Å². The number of piperazine rings is 1. The summed E-state index contributed by atoms with van der Waals surface area (Å²) in [6.45, 7) is 6.90. The first-order valence-electron chi connectivity index (χ1n) is 13.6. The molecule has 0 saturated carbocycles. The van der Waals surface area contributed by atoms with Crippen molar-refractivity contribution in [3.05, 3.63) is 12.2 Å². The van der Waals surface area contributed by atoms with E-state index < -0.39 is 10.1 Å². The van der Waals surface area contributed by atoms with Crippen molar-refractivity contribution in [1.29, 1.82) is 0 Å². The number of hydrogen-bond donors (Lipinski definition) is 1. The molecule has 1 rings (SSSR count). The second kappa shape index (κ2) is 20.3. The Hall–Kier alpha value is -0.960. The molecule has 1 heterocycles. The topological polar surface area (TPSA) is 87.2 Å². The molecule has 0 spiro atoms. The molecule has 7 nitrogen and oxygen atoms in total. The normalized spacial score (nSPS) is 15.8. The quantitative estimate of drug-likeness (QED) is 0.101. The average molecular weight is 503 g/mol. The van der Waals surface area contributed by atoms with Crippen LogP contribution in [0.3, 0.4) is 0 Å². The summed E-state index contributed by atoms with van der Waals surface area (Å²) in [5.41, 5.74) is 0. The zero-order valence-electron chi connectivity index (χ0n) is 21.6. The number of ether oxygens (including phenoxy) is 1. The molecule has 0 aliphatic carbocycles. The third kappa shape index (κ3) is 19.4. The van der Waals surface area contributed by atoms with Gasteiger partial charge in [-0.3, -0.25) is 19.1 Å². The molecule has 1 fully saturated rings. The molecule has 1 aliphatic rings. The Morgan fingerprint density at radius 1 is 0.794 bits per heavy atom. The van der Waals surface area contributed by atoms with Crippen molar-refractivity contribution < 1.29 is 22.5 Å². The highest BCUT2D eigenvalue weighted by molar-refractivity contribution is 7.85. The van der Waals surface area contributed by atoms with Gasteiger partial charge >= 0.3 is 5.97 Å². The fraction of sp³-hybridized carbons (Fsp3) is 0.885. The van der Waals surface area contributed by atoms with Crippen LogP contribution < -0.4 is 0 Å². The zero-order chi connectivity index (χ0) is 24.9. The first-order chi connectivity index (χ1) is 16.4. The lowest BCUT2D eigenvalue weighted by Gasteiger charge is -2.34. The summed E-state index contributed by atoms with van der Waals surface area (Å²) in [5.74, 6) is -0.328. The Labute approximate surface area is 209 Å². The number of nitrogens with zero attached hydrogens (tertiary/aromatic N) is 2. The molecule has 0 bridgehead atoms. The number of hydrogen-bond acceptors (Lipinski definition) is 6. The molecule has 0 unspecified atom stereocenters. The van der Waals surface area contributed by atoms with E-state index in [1.807, 2.05) is 4.90 Å². The molecule has 1 N–H and O–H groups in total. The summed E-state index contributed by atoms with van der Waals surface area (Å²) in [7, 11) is -3.90. The van der Waals surface area contributed by atoms with Crippen LogP contribution in [0.4, 0.5) is 0 Å². The van der Waals surface area contributed by atoms with E-state index in [1.54, 1.807) is 0 Å². The highest BCUT2D eigenvalue weighted by Crippen LogP contribution is 2.10. The van der Waals surface area contributed by atoms with Gasteiger partial charge in [-0.1, -0.05) is 70.4 Å². The number of carbonyl (C=O) groups excluding carboxylic acids is 1. The molecule has 0 radical (unpaired) electrons. The summed E-state index contributed by atoms with van der Waals surface area (Å²) in [6, 6.07) is 0. The Balaban J connectivity index is 1.86. The molecule has 0 amide bonds. The van der Waals surface area contributed by atoms with E-state index in [-0.39, 0.29) is 11.7 Å². The third-order valence-corrected chi connectivity index (χ3v) is 7.14. The van der Waals surface area contributed by atoms with Gasteiger partial charge in [0.05, 0.1) is 5.75 Å². The Bertz CT molecular complexity index is 631. The lowest BCUT2D eigenvalue weighted by Crippen LogP contribution is -2.48. The van der Waals surface area contributed by atoms with E-state index in [0.29, 0.717) is 26.1 Å². The molecule has 0 atom stereocenters. The van der Waals surface area contributed by atoms with Crippen LogP contribution in [0, 0.1) is 0 Å². The van der Waals surface area contributed by atoms with Crippen LogP contribution in [0.5, 0.6) is 0 Å². The van der Waals surface area contributed by atoms with Crippen LogP contribution >= 0.6 is 0 Å². The number of allylic oxidation sites excluding steroid dienone is 2. The molecule has 200 valence electrons. The van der Waals surface area contributed by atoms with E-state index in [0.717, 1.165) is 39.0 Å². The van der Waals surface area contributed by atoms with E-state index >= 15 is 0 Å². The predicted molar refractivity (Wildman–Crippen MR) is 140 cm³/mol. The fourth-order valence-corrected chi connectivity index (χ4v) is 4.67. The predicted octanol–water partition coefficient (Wildman–Crippen LogP) is 5.07. The first kappa shape index (κ1) is 31.1. The second-order valence-corrected chi connectivity index (χ2v) is 11.1. The molecular formula is C26H50N2O5S. The van der Waals surface area contributed by atoms with Gasteiger partial charge in [-0.05, 0) is 32.1 Å². The largest absolute Gasteiger partial charge is 0.464 e. The third-order valence-electron chi connectivity index (χ3n) is 6.44. The van der Waals surface area contributed by atoms with E-state index in [1.165, 1.54) is 70.6 Å². The smallest absolute Gasteiger partial charge is 0.305 e. The van der Waals surface area contributed by atoms with Crippen LogP contribution in [0.25, 0.3) is 0 Å². The zero-order valence-corrected chi connectivity index (χ0v) is 22.4. The fourth-order valence-electron chi connectivity index (χ4n) is 4.18. The van der Waals surface area contributed by atoms with Crippen LogP contribution in [0.1, 0.15) is 96.8 Å². The van der Waals surface area contributed by atoms with Crippen molar-refractivity contribution >= 4 is 16.1 Å². The molecule has 1 aliphatic heterocycles.